The maximum atomic E-state index is 9.57. The predicted octanol–water partition coefficient (Wildman–Crippen LogP) is 2.92. The van der Waals surface area contributed by atoms with Crippen molar-refractivity contribution in [1.29, 1.82) is 0 Å². The van der Waals surface area contributed by atoms with Crippen LogP contribution >= 0.6 is 11.6 Å². The van der Waals surface area contributed by atoms with Crippen LogP contribution in [0.5, 0.6) is 0 Å². The molecule has 2 rings (SSSR count). The molecule has 1 aromatic rings. The fraction of sp³-hybridized carbons (Fsp3) is 0.600. The third-order valence-corrected chi connectivity index (χ3v) is 4.29. The van der Waals surface area contributed by atoms with E-state index in [9.17, 15) is 5.11 Å². The van der Waals surface area contributed by atoms with Crippen LogP contribution < -0.4 is 4.90 Å². The lowest BCUT2D eigenvalue weighted by Gasteiger charge is -2.37. The quantitative estimate of drug-likeness (QED) is 0.923. The minimum atomic E-state index is -0.467. The van der Waals surface area contributed by atoms with Gasteiger partial charge in [0, 0.05) is 19.1 Å². The van der Waals surface area contributed by atoms with Gasteiger partial charge in [0.1, 0.15) is 0 Å². The van der Waals surface area contributed by atoms with Crippen LogP contribution in [-0.4, -0.2) is 43.2 Å². The highest BCUT2D eigenvalue weighted by molar-refractivity contribution is 6.33. The van der Waals surface area contributed by atoms with Crippen LogP contribution in [-0.2, 0) is 0 Å². The van der Waals surface area contributed by atoms with Crippen LogP contribution in [0.15, 0.2) is 18.2 Å². The van der Waals surface area contributed by atoms with E-state index in [1.54, 1.807) is 6.92 Å². The van der Waals surface area contributed by atoms with Crippen molar-refractivity contribution in [2.24, 2.45) is 0 Å². The molecule has 0 bridgehead atoms. The molecular formula is C15H23ClN2O. The summed E-state index contributed by atoms with van der Waals surface area (Å²) in [5, 5.41) is 10.3. The van der Waals surface area contributed by atoms with Crippen molar-refractivity contribution in [3.63, 3.8) is 0 Å². The van der Waals surface area contributed by atoms with Crippen LogP contribution in [0.4, 0.5) is 5.69 Å². The molecule has 1 aromatic carbocycles. The van der Waals surface area contributed by atoms with Gasteiger partial charge in [0.05, 0.1) is 16.8 Å². The highest BCUT2D eigenvalue weighted by Gasteiger charge is 2.22. The van der Waals surface area contributed by atoms with Crippen molar-refractivity contribution in [2.45, 2.75) is 31.9 Å². The van der Waals surface area contributed by atoms with Gasteiger partial charge in [0.15, 0.2) is 0 Å². The SMILES string of the molecule is C[C@H](O)c1ccc(N2CCC(N(C)C)CC2)c(Cl)c1. The zero-order valence-electron chi connectivity index (χ0n) is 11.9. The first-order valence-corrected chi connectivity index (χ1v) is 7.25. The molecule has 1 fully saturated rings. The van der Waals surface area contributed by atoms with Crippen LogP contribution in [0.25, 0.3) is 0 Å². The summed E-state index contributed by atoms with van der Waals surface area (Å²) in [6, 6.07) is 6.54. The highest BCUT2D eigenvalue weighted by atomic mass is 35.5. The molecule has 0 aromatic heterocycles. The van der Waals surface area contributed by atoms with Crippen molar-refractivity contribution in [3.8, 4) is 0 Å². The Morgan fingerprint density at radius 3 is 2.42 bits per heavy atom. The number of aliphatic hydroxyl groups excluding tert-OH is 1. The van der Waals surface area contributed by atoms with Crippen molar-refractivity contribution in [1.82, 2.24) is 4.90 Å². The monoisotopic (exact) mass is 282 g/mol. The average Bonchev–Trinajstić information content (AvgIpc) is 2.38. The number of benzene rings is 1. The summed E-state index contributed by atoms with van der Waals surface area (Å²) in [5.41, 5.74) is 1.96. The molecule has 106 valence electrons. The summed E-state index contributed by atoms with van der Waals surface area (Å²) >= 11 is 6.34. The van der Waals surface area contributed by atoms with Crippen molar-refractivity contribution >= 4 is 17.3 Å². The van der Waals surface area contributed by atoms with Gasteiger partial charge in [-0.05, 0) is 51.6 Å². The van der Waals surface area contributed by atoms with E-state index in [4.69, 9.17) is 11.6 Å². The van der Waals surface area contributed by atoms with E-state index in [0.717, 1.165) is 29.4 Å². The van der Waals surface area contributed by atoms with Crippen molar-refractivity contribution in [3.05, 3.63) is 28.8 Å². The second kappa shape index (κ2) is 6.12. The average molecular weight is 283 g/mol. The molecule has 3 nitrogen and oxygen atoms in total. The predicted molar refractivity (Wildman–Crippen MR) is 81.0 cm³/mol. The second-order valence-corrected chi connectivity index (χ2v) is 5.98. The normalized spacial score (nSPS) is 18.9. The summed E-state index contributed by atoms with van der Waals surface area (Å²) in [6.07, 6.45) is 1.87. The van der Waals surface area contributed by atoms with E-state index < -0.39 is 6.10 Å². The van der Waals surface area contributed by atoms with Gasteiger partial charge in [-0.1, -0.05) is 17.7 Å². The van der Waals surface area contributed by atoms with Gasteiger partial charge in [0.2, 0.25) is 0 Å². The third-order valence-electron chi connectivity index (χ3n) is 3.99. The highest BCUT2D eigenvalue weighted by Crippen LogP contribution is 2.31. The lowest BCUT2D eigenvalue weighted by Crippen LogP contribution is -2.42. The molecule has 0 amide bonds. The summed E-state index contributed by atoms with van der Waals surface area (Å²) in [5.74, 6) is 0. The summed E-state index contributed by atoms with van der Waals surface area (Å²) < 4.78 is 0. The van der Waals surface area contributed by atoms with Crippen LogP contribution in [0, 0.1) is 0 Å². The van der Waals surface area contributed by atoms with Crippen molar-refractivity contribution < 1.29 is 5.11 Å². The molecule has 4 heteroatoms. The fourth-order valence-corrected chi connectivity index (χ4v) is 2.97. The van der Waals surface area contributed by atoms with Gasteiger partial charge in [-0.15, -0.1) is 0 Å². The first-order chi connectivity index (χ1) is 8.99. The molecule has 0 unspecified atom stereocenters. The largest absolute Gasteiger partial charge is 0.389 e. The Hall–Kier alpha value is -0.770. The van der Waals surface area contributed by atoms with Gasteiger partial charge >= 0.3 is 0 Å². The third kappa shape index (κ3) is 3.41. The zero-order chi connectivity index (χ0) is 14.0. The Balaban J connectivity index is 2.07. The number of hydrogen-bond acceptors (Lipinski definition) is 3. The van der Waals surface area contributed by atoms with Crippen molar-refractivity contribution in [2.75, 3.05) is 32.1 Å². The van der Waals surface area contributed by atoms with Gasteiger partial charge in [-0.3, -0.25) is 0 Å². The minimum absolute atomic E-state index is 0.467. The second-order valence-electron chi connectivity index (χ2n) is 5.57. The summed E-state index contributed by atoms with van der Waals surface area (Å²) in [4.78, 5) is 4.64. The number of halogens is 1. The summed E-state index contributed by atoms with van der Waals surface area (Å²) in [6.45, 7) is 3.83. The number of piperidine rings is 1. The van der Waals surface area contributed by atoms with Gasteiger partial charge in [-0.25, -0.2) is 0 Å². The number of rotatable bonds is 3. The Bertz CT molecular complexity index is 426. The first-order valence-electron chi connectivity index (χ1n) is 6.88. The summed E-state index contributed by atoms with van der Waals surface area (Å²) in [7, 11) is 4.29. The number of anilines is 1. The molecule has 1 saturated heterocycles. The Kier molecular flexibility index (Phi) is 4.71. The molecular weight excluding hydrogens is 260 g/mol. The maximum Gasteiger partial charge on any atom is 0.0762 e. The van der Waals surface area contributed by atoms with E-state index >= 15 is 0 Å². The van der Waals surface area contributed by atoms with E-state index in [1.807, 2.05) is 18.2 Å². The smallest absolute Gasteiger partial charge is 0.0762 e. The molecule has 0 spiro atoms. The Morgan fingerprint density at radius 2 is 1.95 bits per heavy atom. The molecule has 0 radical (unpaired) electrons. The van der Waals surface area contributed by atoms with E-state index in [1.165, 1.54) is 12.8 Å². The fourth-order valence-electron chi connectivity index (χ4n) is 2.66. The minimum Gasteiger partial charge on any atom is -0.389 e. The standard InChI is InChI=1S/C15H23ClN2O/c1-11(19)12-4-5-15(14(16)10-12)18-8-6-13(7-9-18)17(2)3/h4-5,10-11,13,19H,6-9H2,1-3H3/t11-/m0/s1. The van der Waals surface area contributed by atoms with Gasteiger partial charge in [0.25, 0.3) is 0 Å². The Labute approximate surface area is 120 Å². The first kappa shape index (κ1) is 14.6. The molecule has 1 aliphatic heterocycles. The van der Waals surface area contributed by atoms with E-state index in [-0.39, 0.29) is 0 Å². The number of aliphatic hydroxyl groups is 1. The topological polar surface area (TPSA) is 26.7 Å². The Morgan fingerprint density at radius 1 is 1.32 bits per heavy atom. The van der Waals surface area contributed by atoms with Gasteiger partial charge < -0.3 is 14.9 Å². The zero-order valence-corrected chi connectivity index (χ0v) is 12.7. The van der Waals surface area contributed by atoms with E-state index in [2.05, 4.69) is 23.9 Å². The molecule has 1 N–H and O–H groups in total. The molecule has 1 heterocycles. The van der Waals surface area contributed by atoms with Crippen LogP contribution in [0.2, 0.25) is 5.02 Å². The number of hydrogen-bond donors (Lipinski definition) is 1. The molecule has 0 saturated carbocycles. The maximum absolute atomic E-state index is 9.57. The number of nitrogens with zero attached hydrogens (tertiary/aromatic N) is 2. The molecule has 0 aliphatic carbocycles. The molecule has 1 aliphatic rings. The lowest BCUT2D eigenvalue weighted by atomic mass is 10.0. The van der Waals surface area contributed by atoms with E-state index in [0.29, 0.717) is 6.04 Å². The molecule has 1 atom stereocenters. The van der Waals surface area contributed by atoms with Crippen LogP contribution in [0.3, 0.4) is 0 Å². The van der Waals surface area contributed by atoms with Gasteiger partial charge in [-0.2, -0.15) is 0 Å². The van der Waals surface area contributed by atoms with Crippen LogP contribution in [0.1, 0.15) is 31.4 Å². The molecule has 19 heavy (non-hydrogen) atoms. The lowest BCUT2D eigenvalue weighted by molar-refractivity contribution is 0.199.